The summed E-state index contributed by atoms with van der Waals surface area (Å²) in [4.78, 5) is 25.1. The van der Waals surface area contributed by atoms with E-state index in [9.17, 15) is 9.59 Å². The number of rotatable bonds is 4. The molecular weight excluding hydrogens is 246 g/mol. The second-order valence-electron chi connectivity index (χ2n) is 6.15. The number of nitrogens with two attached hydrogens (primary N) is 1. The highest BCUT2D eigenvalue weighted by molar-refractivity contribution is 5.78. The summed E-state index contributed by atoms with van der Waals surface area (Å²) in [5.74, 6) is 0.342. The maximum atomic E-state index is 11.7. The molecule has 1 aliphatic rings. The van der Waals surface area contributed by atoms with Crippen molar-refractivity contribution in [2.24, 2.45) is 11.7 Å². The normalized spacial score (nSPS) is 21.4. The molecule has 1 heterocycles. The van der Waals surface area contributed by atoms with E-state index in [0.29, 0.717) is 26.1 Å². The highest BCUT2D eigenvalue weighted by Crippen LogP contribution is 2.16. The Kier molecular flexibility index (Phi) is 5.17. The molecule has 1 saturated heterocycles. The van der Waals surface area contributed by atoms with Crippen LogP contribution in [-0.4, -0.2) is 48.2 Å². The lowest BCUT2D eigenvalue weighted by Crippen LogP contribution is -2.44. The first-order valence-corrected chi connectivity index (χ1v) is 6.68. The lowest BCUT2D eigenvalue weighted by molar-refractivity contribution is -0.128. The van der Waals surface area contributed by atoms with Gasteiger partial charge >= 0.3 is 6.09 Å². The second-order valence-corrected chi connectivity index (χ2v) is 6.15. The van der Waals surface area contributed by atoms with E-state index in [4.69, 9.17) is 10.5 Å². The Bertz CT molecular complexity index is 339. The minimum atomic E-state index is -0.516. The molecule has 1 aliphatic heterocycles. The van der Waals surface area contributed by atoms with Crippen LogP contribution < -0.4 is 11.1 Å². The summed E-state index contributed by atoms with van der Waals surface area (Å²) in [6.07, 6.45) is 0.0531. The lowest BCUT2D eigenvalue weighted by atomic mass is 10.1. The van der Waals surface area contributed by atoms with Crippen LogP contribution >= 0.6 is 0 Å². The predicted molar refractivity (Wildman–Crippen MR) is 72.6 cm³/mol. The summed E-state index contributed by atoms with van der Waals surface area (Å²) in [6, 6.07) is -0.143. The van der Waals surface area contributed by atoms with Crippen LogP contribution in [0.1, 0.15) is 34.1 Å². The molecular formula is C13H25N3O3. The highest BCUT2D eigenvalue weighted by atomic mass is 16.6. The first-order chi connectivity index (χ1) is 8.71. The van der Waals surface area contributed by atoms with Gasteiger partial charge in [0.05, 0.1) is 0 Å². The van der Waals surface area contributed by atoms with Crippen molar-refractivity contribution in [3.63, 3.8) is 0 Å². The molecule has 1 rings (SSSR count). The lowest BCUT2D eigenvalue weighted by Gasteiger charge is -2.24. The van der Waals surface area contributed by atoms with E-state index in [-0.39, 0.29) is 17.9 Å². The largest absolute Gasteiger partial charge is 0.444 e. The number of carbonyl (C=O) groups excluding carboxylic acids is 2. The highest BCUT2D eigenvalue weighted by Gasteiger charge is 2.29. The topological polar surface area (TPSA) is 84.7 Å². The molecule has 0 aromatic rings. The Morgan fingerprint density at radius 1 is 1.58 bits per heavy atom. The molecule has 0 aliphatic carbocycles. The van der Waals surface area contributed by atoms with Gasteiger partial charge in [0.2, 0.25) is 5.91 Å². The summed E-state index contributed by atoms with van der Waals surface area (Å²) < 4.78 is 5.17. The quantitative estimate of drug-likeness (QED) is 0.788. The average Bonchev–Trinajstić information content (AvgIpc) is 2.56. The van der Waals surface area contributed by atoms with Crippen LogP contribution in [0.25, 0.3) is 0 Å². The Morgan fingerprint density at radius 2 is 2.21 bits per heavy atom. The maximum Gasteiger partial charge on any atom is 0.407 e. The van der Waals surface area contributed by atoms with Crippen molar-refractivity contribution in [1.82, 2.24) is 10.2 Å². The molecule has 0 bridgehead atoms. The van der Waals surface area contributed by atoms with Gasteiger partial charge in [-0.1, -0.05) is 0 Å². The Hall–Kier alpha value is -1.30. The van der Waals surface area contributed by atoms with Crippen molar-refractivity contribution in [2.75, 3.05) is 19.6 Å². The van der Waals surface area contributed by atoms with Gasteiger partial charge in [-0.15, -0.1) is 0 Å². The first-order valence-electron chi connectivity index (χ1n) is 6.68. The summed E-state index contributed by atoms with van der Waals surface area (Å²) >= 11 is 0. The van der Waals surface area contributed by atoms with E-state index >= 15 is 0 Å². The van der Waals surface area contributed by atoms with Crippen molar-refractivity contribution < 1.29 is 14.3 Å². The molecule has 0 aromatic carbocycles. The minimum absolute atomic E-state index is 0.105. The molecule has 0 aromatic heterocycles. The molecule has 2 unspecified atom stereocenters. The molecule has 0 radical (unpaired) electrons. The fraction of sp³-hybridized carbons (Fsp3) is 0.846. The SMILES string of the molecule is CC(CN1CC(CN)CC1=O)NC(=O)OC(C)(C)C. The molecule has 3 N–H and O–H groups in total. The van der Waals surface area contributed by atoms with E-state index in [1.807, 2.05) is 27.7 Å². The molecule has 0 spiro atoms. The molecule has 6 nitrogen and oxygen atoms in total. The van der Waals surface area contributed by atoms with Gasteiger partial charge in [0.1, 0.15) is 5.60 Å². The Balaban J connectivity index is 2.37. The van der Waals surface area contributed by atoms with Gasteiger partial charge in [-0.25, -0.2) is 4.79 Å². The van der Waals surface area contributed by atoms with E-state index in [1.54, 1.807) is 4.90 Å². The number of carbonyl (C=O) groups is 2. The smallest absolute Gasteiger partial charge is 0.407 e. The number of nitrogens with zero attached hydrogens (tertiary/aromatic N) is 1. The van der Waals surface area contributed by atoms with Gasteiger partial charge in [0.25, 0.3) is 0 Å². The standard InChI is InChI=1S/C13H25N3O3/c1-9(15-12(18)19-13(2,3)4)7-16-8-10(6-14)5-11(16)17/h9-10H,5-8,14H2,1-4H3,(H,15,18). The molecule has 6 heteroatoms. The molecule has 0 saturated carbocycles. The Labute approximate surface area is 114 Å². The monoisotopic (exact) mass is 271 g/mol. The van der Waals surface area contributed by atoms with Gasteiger partial charge < -0.3 is 20.7 Å². The second kappa shape index (κ2) is 6.23. The number of alkyl carbamates (subject to hydrolysis) is 1. The number of likely N-dealkylation sites (tertiary alicyclic amines) is 1. The number of nitrogens with one attached hydrogen (secondary N) is 1. The van der Waals surface area contributed by atoms with Crippen molar-refractivity contribution in [3.05, 3.63) is 0 Å². The predicted octanol–water partition coefficient (Wildman–Crippen LogP) is 0.707. The van der Waals surface area contributed by atoms with E-state index in [0.717, 1.165) is 0 Å². The Morgan fingerprint density at radius 3 is 2.68 bits per heavy atom. The zero-order chi connectivity index (χ0) is 14.6. The summed E-state index contributed by atoms with van der Waals surface area (Å²) in [7, 11) is 0. The van der Waals surface area contributed by atoms with Crippen molar-refractivity contribution in [3.8, 4) is 0 Å². The van der Waals surface area contributed by atoms with Crippen LogP contribution in [0.15, 0.2) is 0 Å². The first kappa shape index (κ1) is 15.8. The van der Waals surface area contributed by atoms with Gasteiger partial charge in [0.15, 0.2) is 0 Å². The summed E-state index contributed by atoms with van der Waals surface area (Å²) in [6.45, 7) is 8.99. The van der Waals surface area contributed by atoms with Crippen LogP contribution in [-0.2, 0) is 9.53 Å². The van der Waals surface area contributed by atoms with Crippen LogP contribution in [0, 0.1) is 5.92 Å². The third-order valence-electron chi connectivity index (χ3n) is 2.89. The molecule has 2 amide bonds. The zero-order valence-corrected chi connectivity index (χ0v) is 12.2. The molecule has 2 atom stereocenters. The maximum absolute atomic E-state index is 11.7. The number of hydrogen-bond acceptors (Lipinski definition) is 4. The average molecular weight is 271 g/mol. The minimum Gasteiger partial charge on any atom is -0.444 e. The number of ether oxygens (including phenoxy) is 1. The zero-order valence-electron chi connectivity index (χ0n) is 12.2. The van der Waals surface area contributed by atoms with Crippen LogP contribution in [0.3, 0.4) is 0 Å². The molecule has 110 valence electrons. The van der Waals surface area contributed by atoms with E-state index in [2.05, 4.69) is 5.32 Å². The summed E-state index contributed by atoms with van der Waals surface area (Å²) in [5, 5.41) is 2.73. The van der Waals surface area contributed by atoms with Gasteiger partial charge in [0, 0.05) is 25.6 Å². The van der Waals surface area contributed by atoms with Crippen molar-refractivity contribution >= 4 is 12.0 Å². The third-order valence-corrected chi connectivity index (χ3v) is 2.89. The van der Waals surface area contributed by atoms with Crippen LogP contribution in [0.4, 0.5) is 4.79 Å². The fourth-order valence-electron chi connectivity index (χ4n) is 2.07. The van der Waals surface area contributed by atoms with Gasteiger partial charge in [-0.2, -0.15) is 0 Å². The van der Waals surface area contributed by atoms with Crippen LogP contribution in [0.5, 0.6) is 0 Å². The van der Waals surface area contributed by atoms with Gasteiger partial charge in [-0.05, 0) is 40.2 Å². The molecule has 19 heavy (non-hydrogen) atoms. The number of amides is 2. The van der Waals surface area contributed by atoms with E-state index < -0.39 is 11.7 Å². The van der Waals surface area contributed by atoms with E-state index in [1.165, 1.54) is 0 Å². The van der Waals surface area contributed by atoms with Crippen molar-refractivity contribution in [2.45, 2.75) is 45.8 Å². The van der Waals surface area contributed by atoms with Crippen LogP contribution in [0.2, 0.25) is 0 Å². The number of hydrogen-bond donors (Lipinski definition) is 2. The third kappa shape index (κ3) is 5.46. The molecule has 1 fully saturated rings. The van der Waals surface area contributed by atoms with Gasteiger partial charge in [-0.3, -0.25) is 4.79 Å². The summed E-state index contributed by atoms with van der Waals surface area (Å²) in [5.41, 5.74) is 5.05. The fourth-order valence-corrected chi connectivity index (χ4v) is 2.07. The van der Waals surface area contributed by atoms with Crippen molar-refractivity contribution in [1.29, 1.82) is 0 Å².